The summed E-state index contributed by atoms with van der Waals surface area (Å²) < 4.78 is 0.454. The molecule has 0 unspecified atom stereocenters. The average molecular weight is 264 g/mol. The number of carbonyl (C=O) groups is 2. The van der Waals surface area contributed by atoms with Crippen LogP contribution in [0.4, 0.5) is 0 Å². The zero-order valence-corrected chi connectivity index (χ0v) is 10.2. The fourth-order valence-electron chi connectivity index (χ4n) is 1.32. The number of nitrogens with one attached hydrogen (secondary N) is 1. The number of nitrogens with two attached hydrogens (primary N) is 1. The number of rotatable bonds is 2. The molecule has 2 amide bonds. The van der Waals surface area contributed by atoms with Crippen LogP contribution in [0.1, 0.15) is 15.9 Å². The lowest BCUT2D eigenvalue weighted by Crippen LogP contribution is -2.17. The molecular formula is C11H8N2O2S2. The number of thioether (sulfide) groups is 1. The van der Waals surface area contributed by atoms with Crippen LogP contribution >= 0.6 is 24.0 Å². The van der Waals surface area contributed by atoms with Crippen LogP contribution in [0.3, 0.4) is 0 Å². The van der Waals surface area contributed by atoms with Gasteiger partial charge in [0.1, 0.15) is 4.32 Å². The van der Waals surface area contributed by atoms with Gasteiger partial charge in [-0.25, -0.2) is 0 Å². The number of amides is 2. The molecule has 0 atom stereocenters. The Hall–Kier alpha value is -1.66. The summed E-state index contributed by atoms with van der Waals surface area (Å²) in [6, 6.07) is 6.68. The second-order valence-electron chi connectivity index (χ2n) is 3.34. The summed E-state index contributed by atoms with van der Waals surface area (Å²) in [5.41, 5.74) is 6.38. The van der Waals surface area contributed by atoms with Gasteiger partial charge in [0.25, 0.3) is 5.91 Å². The van der Waals surface area contributed by atoms with Crippen LogP contribution in [0, 0.1) is 0 Å². The lowest BCUT2D eigenvalue weighted by atomic mass is 10.1. The molecule has 86 valence electrons. The third kappa shape index (κ3) is 2.72. The van der Waals surface area contributed by atoms with Gasteiger partial charge in [-0.15, -0.1) is 0 Å². The van der Waals surface area contributed by atoms with Crippen molar-refractivity contribution < 1.29 is 9.59 Å². The molecule has 1 heterocycles. The highest BCUT2D eigenvalue weighted by molar-refractivity contribution is 8.26. The van der Waals surface area contributed by atoms with Crippen molar-refractivity contribution in [3.8, 4) is 0 Å². The number of hydrogen-bond donors (Lipinski definition) is 2. The SMILES string of the molecule is NC(=O)c1ccc(/C=C2\SC(=S)NC2=O)cc1. The molecule has 0 saturated carbocycles. The maximum absolute atomic E-state index is 11.4. The number of primary amides is 1. The van der Waals surface area contributed by atoms with E-state index in [1.54, 1.807) is 30.3 Å². The Morgan fingerprint density at radius 1 is 1.35 bits per heavy atom. The second kappa shape index (κ2) is 4.68. The largest absolute Gasteiger partial charge is 0.366 e. The molecule has 1 aliphatic heterocycles. The molecule has 1 saturated heterocycles. The Balaban J connectivity index is 2.24. The first-order valence-electron chi connectivity index (χ1n) is 4.71. The van der Waals surface area contributed by atoms with E-state index >= 15 is 0 Å². The van der Waals surface area contributed by atoms with Crippen molar-refractivity contribution in [1.29, 1.82) is 0 Å². The first-order chi connectivity index (χ1) is 8.06. The highest BCUT2D eigenvalue weighted by Gasteiger charge is 2.21. The Morgan fingerprint density at radius 2 is 2.00 bits per heavy atom. The predicted molar refractivity (Wildman–Crippen MR) is 71.3 cm³/mol. The molecule has 1 fully saturated rings. The zero-order valence-electron chi connectivity index (χ0n) is 8.60. The zero-order chi connectivity index (χ0) is 12.4. The minimum absolute atomic E-state index is 0.195. The monoisotopic (exact) mass is 264 g/mol. The van der Waals surface area contributed by atoms with E-state index in [4.69, 9.17) is 18.0 Å². The molecular weight excluding hydrogens is 256 g/mol. The fourth-order valence-corrected chi connectivity index (χ4v) is 2.36. The van der Waals surface area contributed by atoms with Crippen LogP contribution in [0.15, 0.2) is 29.2 Å². The lowest BCUT2D eigenvalue weighted by Gasteiger charge is -1.97. The van der Waals surface area contributed by atoms with Crippen LogP contribution in [0.2, 0.25) is 0 Å². The van der Waals surface area contributed by atoms with Crippen molar-refractivity contribution in [2.24, 2.45) is 5.73 Å². The van der Waals surface area contributed by atoms with Crippen molar-refractivity contribution in [1.82, 2.24) is 5.32 Å². The van der Waals surface area contributed by atoms with E-state index in [2.05, 4.69) is 5.32 Å². The third-order valence-electron chi connectivity index (χ3n) is 2.14. The van der Waals surface area contributed by atoms with Crippen molar-refractivity contribution >= 4 is 46.2 Å². The van der Waals surface area contributed by atoms with Crippen LogP contribution in [-0.4, -0.2) is 16.1 Å². The van der Waals surface area contributed by atoms with Crippen molar-refractivity contribution in [3.05, 3.63) is 40.3 Å². The van der Waals surface area contributed by atoms with Gasteiger partial charge in [-0.2, -0.15) is 0 Å². The highest BCUT2D eigenvalue weighted by atomic mass is 32.2. The van der Waals surface area contributed by atoms with Gasteiger partial charge in [-0.3, -0.25) is 9.59 Å². The molecule has 3 N–H and O–H groups in total. The van der Waals surface area contributed by atoms with Gasteiger partial charge >= 0.3 is 0 Å². The average Bonchev–Trinajstić information content (AvgIpc) is 2.58. The number of carbonyl (C=O) groups excluding carboxylic acids is 2. The Bertz CT molecular complexity index is 535. The van der Waals surface area contributed by atoms with E-state index in [-0.39, 0.29) is 5.91 Å². The van der Waals surface area contributed by atoms with Gasteiger partial charge in [0, 0.05) is 5.56 Å². The summed E-state index contributed by atoms with van der Waals surface area (Å²) in [7, 11) is 0. The summed E-state index contributed by atoms with van der Waals surface area (Å²) in [5.74, 6) is -0.669. The maximum atomic E-state index is 11.4. The van der Waals surface area contributed by atoms with E-state index in [0.717, 1.165) is 5.56 Å². The first-order valence-corrected chi connectivity index (χ1v) is 5.93. The van der Waals surface area contributed by atoms with E-state index in [1.165, 1.54) is 11.8 Å². The van der Waals surface area contributed by atoms with E-state index in [0.29, 0.717) is 14.8 Å². The summed E-state index contributed by atoms with van der Waals surface area (Å²) in [5, 5.41) is 2.53. The predicted octanol–water partition coefficient (Wildman–Crippen LogP) is 1.27. The third-order valence-corrected chi connectivity index (χ3v) is 3.30. The molecule has 1 aliphatic rings. The van der Waals surface area contributed by atoms with Crippen LogP contribution in [-0.2, 0) is 4.79 Å². The molecule has 0 bridgehead atoms. The maximum Gasteiger partial charge on any atom is 0.263 e. The summed E-state index contributed by atoms with van der Waals surface area (Å²) >= 11 is 6.09. The second-order valence-corrected chi connectivity index (χ2v) is 5.06. The molecule has 2 rings (SSSR count). The van der Waals surface area contributed by atoms with Gasteiger partial charge in [0.05, 0.1) is 4.91 Å². The summed E-state index contributed by atoms with van der Waals surface area (Å²) in [6.07, 6.45) is 1.71. The molecule has 4 nitrogen and oxygen atoms in total. The Morgan fingerprint density at radius 3 is 2.47 bits per heavy atom. The van der Waals surface area contributed by atoms with Crippen molar-refractivity contribution in [2.75, 3.05) is 0 Å². The lowest BCUT2D eigenvalue weighted by molar-refractivity contribution is -0.115. The number of benzene rings is 1. The number of hydrogen-bond acceptors (Lipinski definition) is 4. The van der Waals surface area contributed by atoms with Gasteiger partial charge in [-0.05, 0) is 23.8 Å². The quantitative estimate of drug-likeness (QED) is 0.623. The van der Waals surface area contributed by atoms with Crippen LogP contribution in [0.5, 0.6) is 0 Å². The number of thiocarbonyl (C=S) groups is 1. The van der Waals surface area contributed by atoms with E-state index < -0.39 is 5.91 Å². The topological polar surface area (TPSA) is 72.2 Å². The van der Waals surface area contributed by atoms with Gasteiger partial charge < -0.3 is 11.1 Å². The summed E-state index contributed by atoms with van der Waals surface area (Å²) in [6.45, 7) is 0. The van der Waals surface area contributed by atoms with E-state index in [1.807, 2.05) is 0 Å². The molecule has 1 aromatic rings. The first kappa shape index (κ1) is 11.8. The van der Waals surface area contributed by atoms with Crippen molar-refractivity contribution in [3.63, 3.8) is 0 Å². The van der Waals surface area contributed by atoms with Gasteiger partial charge in [-0.1, -0.05) is 36.1 Å². The fraction of sp³-hybridized carbons (Fsp3) is 0. The standard InChI is InChI=1S/C11H8N2O2S2/c12-9(14)7-3-1-6(2-4-7)5-8-10(15)13-11(16)17-8/h1-5H,(H2,12,14)(H,13,15,16)/b8-5-. The van der Waals surface area contributed by atoms with Crippen LogP contribution in [0.25, 0.3) is 6.08 Å². The molecule has 0 radical (unpaired) electrons. The normalized spacial score (nSPS) is 17.3. The molecule has 0 spiro atoms. The van der Waals surface area contributed by atoms with Crippen molar-refractivity contribution in [2.45, 2.75) is 0 Å². The van der Waals surface area contributed by atoms with Gasteiger partial charge in [0.2, 0.25) is 5.91 Å². The molecule has 0 aliphatic carbocycles. The molecule has 1 aromatic carbocycles. The Kier molecular flexibility index (Phi) is 3.26. The van der Waals surface area contributed by atoms with Crippen LogP contribution < -0.4 is 11.1 Å². The minimum Gasteiger partial charge on any atom is -0.366 e. The van der Waals surface area contributed by atoms with E-state index in [9.17, 15) is 9.59 Å². The minimum atomic E-state index is -0.474. The summed E-state index contributed by atoms with van der Waals surface area (Å²) in [4.78, 5) is 22.8. The smallest absolute Gasteiger partial charge is 0.263 e. The molecule has 17 heavy (non-hydrogen) atoms. The molecule has 6 heteroatoms. The van der Waals surface area contributed by atoms with Gasteiger partial charge in [0.15, 0.2) is 0 Å². The highest BCUT2D eigenvalue weighted by Crippen LogP contribution is 2.25. The molecule has 0 aromatic heterocycles. The Labute approximate surface area is 107 Å².